The minimum Gasteiger partial charge on any atom is -0.272 e. The Morgan fingerprint density at radius 3 is 2.42 bits per heavy atom. The van der Waals surface area contributed by atoms with Gasteiger partial charge in [-0.15, -0.1) is 0 Å². The summed E-state index contributed by atoms with van der Waals surface area (Å²) in [4.78, 5) is 16.8. The third-order valence-electron chi connectivity index (χ3n) is 2.27. The third-order valence-corrected chi connectivity index (χ3v) is 2.27. The lowest BCUT2D eigenvalue weighted by atomic mass is 9.81. The average Bonchev–Trinajstić information content (AvgIpc) is 2.29. The lowest BCUT2D eigenvalue weighted by molar-refractivity contribution is -0.160. The predicted octanol–water partition coefficient (Wildman–Crippen LogP) is 1.44. The molecule has 0 N–H and O–H groups in total. The summed E-state index contributed by atoms with van der Waals surface area (Å²) in [6.45, 7) is 9.30. The van der Waals surface area contributed by atoms with Gasteiger partial charge in [0.05, 0.1) is 12.5 Å². The van der Waals surface area contributed by atoms with E-state index < -0.39 is 0 Å². The van der Waals surface area contributed by atoms with E-state index >= 15 is 0 Å². The lowest BCUT2D eigenvalue weighted by Crippen LogP contribution is -2.32. The summed E-state index contributed by atoms with van der Waals surface area (Å²) in [5.41, 5.74) is 0.0149. The first kappa shape index (κ1) is 9.52. The molecule has 1 saturated heterocycles. The second-order valence-electron chi connectivity index (χ2n) is 4.25. The Kier molecular flexibility index (Phi) is 2.42. The van der Waals surface area contributed by atoms with Crippen molar-refractivity contribution in [2.24, 2.45) is 11.3 Å². The number of carbonyl (C=O) groups excluding carboxylic acids is 1. The van der Waals surface area contributed by atoms with Gasteiger partial charge in [-0.2, -0.15) is 0 Å². The first-order valence-electron chi connectivity index (χ1n) is 4.41. The Morgan fingerprint density at radius 2 is 2.17 bits per heavy atom. The molecule has 0 aromatic heterocycles. The van der Waals surface area contributed by atoms with Crippen LogP contribution in [0.1, 0.15) is 27.7 Å². The zero-order chi connectivity index (χ0) is 9.35. The molecule has 12 heavy (non-hydrogen) atoms. The van der Waals surface area contributed by atoms with Gasteiger partial charge in [0.15, 0.2) is 0 Å². The van der Waals surface area contributed by atoms with E-state index in [1.54, 1.807) is 0 Å². The van der Waals surface area contributed by atoms with E-state index in [0.717, 1.165) is 0 Å². The quantitative estimate of drug-likeness (QED) is 0.597. The highest BCUT2D eigenvalue weighted by molar-refractivity contribution is 5.80. The Balaban J connectivity index is 2.67. The van der Waals surface area contributed by atoms with E-state index in [0.29, 0.717) is 13.2 Å². The van der Waals surface area contributed by atoms with Gasteiger partial charge in [0, 0.05) is 6.54 Å². The fraction of sp³-hybridized carbons (Fsp3) is 0.889. The van der Waals surface area contributed by atoms with Crippen LogP contribution in [0.5, 0.6) is 0 Å². The van der Waals surface area contributed by atoms with E-state index in [4.69, 9.17) is 4.84 Å². The van der Waals surface area contributed by atoms with E-state index in [9.17, 15) is 4.79 Å². The van der Waals surface area contributed by atoms with Gasteiger partial charge in [-0.05, 0) is 12.3 Å². The molecule has 1 amide bonds. The van der Waals surface area contributed by atoms with E-state index in [2.05, 4.69) is 20.8 Å². The SMILES string of the molecule is CCN1OC[C@@H](C(C)(C)C)C1=O. The molecule has 0 spiro atoms. The molecule has 1 aliphatic heterocycles. The molecule has 3 heteroatoms. The van der Waals surface area contributed by atoms with Crippen LogP contribution in [0.15, 0.2) is 0 Å². The van der Waals surface area contributed by atoms with Crippen LogP contribution < -0.4 is 0 Å². The second kappa shape index (κ2) is 3.05. The zero-order valence-electron chi connectivity index (χ0n) is 8.26. The Hall–Kier alpha value is -0.570. The molecule has 0 radical (unpaired) electrons. The average molecular weight is 171 g/mol. The molecular formula is C9H17NO2. The van der Waals surface area contributed by atoms with Crippen LogP contribution >= 0.6 is 0 Å². The number of amides is 1. The molecule has 1 heterocycles. The summed E-state index contributed by atoms with van der Waals surface area (Å²) < 4.78 is 0. The summed E-state index contributed by atoms with van der Waals surface area (Å²) in [5, 5.41) is 1.45. The number of hydrogen-bond acceptors (Lipinski definition) is 2. The second-order valence-corrected chi connectivity index (χ2v) is 4.25. The third kappa shape index (κ3) is 1.61. The maximum absolute atomic E-state index is 11.6. The number of rotatable bonds is 1. The smallest absolute Gasteiger partial charge is 0.252 e. The monoisotopic (exact) mass is 171 g/mol. The van der Waals surface area contributed by atoms with E-state index in [1.807, 2.05) is 6.92 Å². The number of carbonyl (C=O) groups is 1. The molecule has 1 rings (SSSR count). The van der Waals surface area contributed by atoms with Crippen molar-refractivity contribution < 1.29 is 9.63 Å². The molecule has 0 unspecified atom stereocenters. The van der Waals surface area contributed by atoms with E-state index in [1.165, 1.54) is 5.06 Å². The van der Waals surface area contributed by atoms with Gasteiger partial charge in [0.1, 0.15) is 0 Å². The molecule has 0 aromatic carbocycles. The summed E-state index contributed by atoms with van der Waals surface area (Å²) in [7, 11) is 0. The van der Waals surface area contributed by atoms with Crippen molar-refractivity contribution in [1.29, 1.82) is 0 Å². The van der Waals surface area contributed by atoms with Crippen LogP contribution in [0.25, 0.3) is 0 Å². The van der Waals surface area contributed by atoms with Crippen molar-refractivity contribution in [1.82, 2.24) is 5.06 Å². The summed E-state index contributed by atoms with van der Waals surface area (Å²) in [6.07, 6.45) is 0. The van der Waals surface area contributed by atoms with Crippen LogP contribution in [0.2, 0.25) is 0 Å². The van der Waals surface area contributed by atoms with Gasteiger partial charge >= 0.3 is 0 Å². The van der Waals surface area contributed by atoms with Gasteiger partial charge in [0.2, 0.25) is 0 Å². The van der Waals surface area contributed by atoms with Crippen molar-refractivity contribution in [3.8, 4) is 0 Å². The van der Waals surface area contributed by atoms with Crippen LogP contribution in [0.4, 0.5) is 0 Å². The molecule has 1 aliphatic rings. The summed E-state index contributed by atoms with van der Waals surface area (Å²) in [5.74, 6) is 0.155. The van der Waals surface area contributed by atoms with Crippen molar-refractivity contribution in [3.63, 3.8) is 0 Å². The molecule has 0 saturated carbocycles. The number of nitrogens with zero attached hydrogens (tertiary/aromatic N) is 1. The van der Waals surface area contributed by atoms with Crippen LogP contribution in [0, 0.1) is 11.3 Å². The van der Waals surface area contributed by atoms with Gasteiger partial charge in [-0.1, -0.05) is 20.8 Å². The normalized spacial score (nSPS) is 25.2. The van der Waals surface area contributed by atoms with Gasteiger partial charge in [-0.3, -0.25) is 9.63 Å². The molecule has 0 aliphatic carbocycles. The Bertz CT molecular complexity index is 183. The highest BCUT2D eigenvalue weighted by Gasteiger charge is 2.40. The fourth-order valence-electron chi connectivity index (χ4n) is 1.34. The van der Waals surface area contributed by atoms with Crippen molar-refractivity contribution in [3.05, 3.63) is 0 Å². The molecule has 70 valence electrons. The van der Waals surface area contributed by atoms with Crippen molar-refractivity contribution >= 4 is 5.91 Å². The van der Waals surface area contributed by atoms with Gasteiger partial charge in [0.25, 0.3) is 5.91 Å². The lowest BCUT2D eigenvalue weighted by Gasteiger charge is -2.23. The largest absolute Gasteiger partial charge is 0.272 e. The van der Waals surface area contributed by atoms with Crippen molar-refractivity contribution in [2.45, 2.75) is 27.7 Å². The Labute approximate surface area is 73.6 Å². The highest BCUT2D eigenvalue weighted by atomic mass is 16.7. The highest BCUT2D eigenvalue weighted by Crippen LogP contribution is 2.31. The number of hydroxylamine groups is 2. The van der Waals surface area contributed by atoms with Crippen LogP contribution in [0.3, 0.4) is 0 Å². The molecule has 1 fully saturated rings. The topological polar surface area (TPSA) is 29.5 Å². The molecular weight excluding hydrogens is 154 g/mol. The van der Waals surface area contributed by atoms with Crippen LogP contribution in [-0.4, -0.2) is 24.1 Å². The minimum absolute atomic E-state index is 0.0149. The summed E-state index contributed by atoms with van der Waals surface area (Å²) in [6, 6.07) is 0. The zero-order valence-corrected chi connectivity index (χ0v) is 8.26. The molecule has 3 nitrogen and oxygen atoms in total. The van der Waals surface area contributed by atoms with Crippen LogP contribution in [-0.2, 0) is 9.63 Å². The first-order valence-corrected chi connectivity index (χ1v) is 4.41. The maximum Gasteiger partial charge on any atom is 0.252 e. The minimum atomic E-state index is 0.0149. The first-order chi connectivity index (χ1) is 5.46. The molecule has 0 aromatic rings. The maximum atomic E-state index is 11.6. The van der Waals surface area contributed by atoms with Crippen molar-refractivity contribution in [2.75, 3.05) is 13.2 Å². The summed E-state index contributed by atoms with van der Waals surface area (Å²) >= 11 is 0. The molecule has 1 atom stereocenters. The standard InChI is InChI=1S/C9H17NO2/c1-5-10-8(11)7(6-12-10)9(2,3)4/h7H,5-6H2,1-4H3/t7-/m1/s1. The Morgan fingerprint density at radius 1 is 1.58 bits per heavy atom. The van der Waals surface area contributed by atoms with Gasteiger partial charge < -0.3 is 0 Å². The fourth-order valence-corrected chi connectivity index (χ4v) is 1.34. The van der Waals surface area contributed by atoms with E-state index in [-0.39, 0.29) is 17.2 Å². The predicted molar refractivity (Wildman–Crippen MR) is 46.3 cm³/mol. The van der Waals surface area contributed by atoms with Gasteiger partial charge in [-0.25, -0.2) is 5.06 Å². The molecule has 0 bridgehead atoms. The number of hydrogen-bond donors (Lipinski definition) is 0.